The number of benzene rings is 1. The normalized spacial score (nSPS) is 24.8. The van der Waals surface area contributed by atoms with Crippen LogP contribution in [0.25, 0.3) is 11.1 Å². The second kappa shape index (κ2) is 10.5. The molecule has 0 radical (unpaired) electrons. The maximum Gasteiger partial charge on any atom is 0.244 e. The van der Waals surface area contributed by atoms with E-state index in [9.17, 15) is 8.42 Å². The molecule has 2 saturated heterocycles. The second-order valence-corrected chi connectivity index (χ2v) is 14.8. The van der Waals surface area contributed by atoms with E-state index in [1.54, 1.807) is 18.6 Å². The van der Waals surface area contributed by atoms with Gasteiger partial charge < -0.3 is 20.7 Å². The van der Waals surface area contributed by atoms with Crippen LogP contribution < -0.4 is 25.4 Å². The highest BCUT2D eigenvalue weighted by Crippen LogP contribution is 2.39. The van der Waals surface area contributed by atoms with Crippen molar-refractivity contribution >= 4 is 21.7 Å². The molecular weight excluding hydrogens is 550 g/mol. The first-order valence-electron chi connectivity index (χ1n) is 15.0. The summed E-state index contributed by atoms with van der Waals surface area (Å²) < 4.78 is 36.0. The Bertz CT molecular complexity index is 1610. The first-order chi connectivity index (χ1) is 20.1. The van der Waals surface area contributed by atoms with Crippen molar-refractivity contribution in [2.45, 2.75) is 88.4 Å². The molecule has 222 valence electrons. The van der Waals surface area contributed by atoms with Crippen molar-refractivity contribution < 1.29 is 13.2 Å². The summed E-state index contributed by atoms with van der Waals surface area (Å²) in [7, 11) is -3.84. The maximum atomic E-state index is 13.5. The number of fused-ring (bicyclic) bond motifs is 4. The van der Waals surface area contributed by atoms with Gasteiger partial charge in [0.25, 0.3) is 0 Å². The van der Waals surface area contributed by atoms with Gasteiger partial charge in [0.1, 0.15) is 35.2 Å². The summed E-state index contributed by atoms with van der Waals surface area (Å²) in [6.45, 7) is 6.50. The third-order valence-electron chi connectivity index (χ3n) is 9.35. The van der Waals surface area contributed by atoms with E-state index in [0.717, 1.165) is 73.3 Å². The molecule has 4 aliphatic rings. The van der Waals surface area contributed by atoms with E-state index in [2.05, 4.69) is 44.8 Å². The molecule has 4 N–H and O–H groups in total. The fourth-order valence-corrected chi connectivity index (χ4v) is 8.52. The zero-order valence-corrected chi connectivity index (χ0v) is 25.1. The number of ether oxygens (including phenoxy) is 1. The lowest BCUT2D eigenvalue weighted by molar-refractivity contribution is 0.310. The van der Waals surface area contributed by atoms with Crippen molar-refractivity contribution in [3.05, 3.63) is 53.6 Å². The Morgan fingerprint density at radius 3 is 2.71 bits per heavy atom. The number of nitrogens with one attached hydrogen (secondary N) is 2. The SMILES string of the molecule is CC1(C)CCc2ncnc(N3CCOc4ccc(-c5cnc(N)c(S(=O)(=O)NC6CC7CCC(C6)N7)c5)cc4C3)c2C1. The van der Waals surface area contributed by atoms with Gasteiger partial charge in [0, 0.05) is 53.3 Å². The minimum Gasteiger partial charge on any atom is -0.491 e. The van der Waals surface area contributed by atoms with Gasteiger partial charge in [-0.25, -0.2) is 28.1 Å². The Labute approximate surface area is 247 Å². The van der Waals surface area contributed by atoms with Crippen LogP contribution in [0.2, 0.25) is 0 Å². The number of aryl methyl sites for hydroxylation is 1. The van der Waals surface area contributed by atoms with Gasteiger partial charge >= 0.3 is 0 Å². The van der Waals surface area contributed by atoms with Crippen LogP contribution in [0.4, 0.5) is 11.6 Å². The Kier molecular flexibility index (Phi) is 6.86. The van der Waals surface area contributed by atoms with Crippen LogP contribution in [-0.2, 0) is 29.4 Å². The molecule has 2 atom stereocenters. The van der Waals surface area contributed by atoms with Gasteiger partial charge in [-0.3, -0.25) is 0 Å². The standard InChI is InChI=1S/C31H39N7O3S/c1-31(2)8-7-26-25(15-31)30(35-18-34-26)38-9-10-41-27-6-3-19(11-21(27)17-38)20-12-28(29(32)33-16-20)42(39,40)37-24-13-22-4-5-23(14-24)36-22/h3,6,11-12,16,18,22-24,36-37H,4-5,7-10,13-15,17H2,1-2H3,(H2,32,33). The monoisotopic (exact) mass is 589 g/mol. The number of nitrogen functional groups attached to an aromatic ring is 1. The van der Waals surface area contributed by atoms with E-state index in [1.807, 2.05) is 12.1 Å². The zero-order valence-electron chi connectivity index (χ0n) is 24.3. The van der Waals surface area contributed by atoms with Crippen LogP contribution in [-0.4, -0.2) is 54.6 Å². The highest BCUT2D eigenvalue weighted by molar-refractivity contribution is 7.89. The average Bonchev–Trinajstić information content (AvgIpc) is 3.16. The van der Waals surface area contributed by atoms with Crippen LogP contribution in [0.1, 0.15) is 62.8 Å². The van der Waals surface area contributed by atoms with Gasteiger partial charge in [0.2, 0.25) is 10.0 Å². The highest BCUT2D eigenvalue weighted by atomic mass is 32.2. The van der Waals surface area contributed by atoms with E-state index in [-0.39, 0.29) is 22.2 Å². The lowest BCUT2D eigenvalue weighted by Gasteiger charge is -2.33. The van der Waals surface area contributed by atoms with Gasteiger partial charge in [-0.05, 0) is 74.1 Å². The molecule has 2 bridgehead atoms. The molecule has 0 saturated carbocycles. The fourth-order valence-electron chi connectivity index (χ4n) is 7.15. The van der Waals surface area contributed by atoms with Crippen molar-refractivity contribution in [1.29, 1.82) is 0 Å². The third kappa shape index (κ3) is 5.33. The Morgan fingerprint density at radius 2 is 1.90 bits per heavy atom. The zero-order chi connectivity index (χ0) is 29.1. The number of pyridine rings is 1. The molecule has 1 aliphatic carbocycles. The van der Waals surface area contributed by atoms with Crippen molar-refractivity contribution in [2.75, 3.05) is 23.8 Å². The molecule has 7 rings (SSSR count). The smallest absolute Gasteiger partial charge is 0.244 e. The predicted octanol–water partition coefficient (Wildman–Crippen LogP) is 3.60. The Hall–Kier alpha value is -3.28. The minimum absolute atomic E-state index is 0.00360. The van der Waals surface area contributed by atoms with Crippen molar-refractivity contribution in [2.24, 2.45) is 5.41 Å². The number of hydrogen-bond acceptors (Lipinski definition) is 9. The number of sulfonamides is 1. The number of nitrogens with two attached hydrogens (primary N) is 1. The highest BCUT2D eigenvalue weighted by Gasteiger charge is 2.36. The summed E-state index contributed by atoms with van der Waals surface area (Å²) in [6.07, 6.45) is 10.1. The summed E-state index contributed by atoms with van der Waals surface area (Å²) in [5.74, 6) is 1.81. The number of piperidine rings is 1. The average molecular weight is 590 g/mol. The van der Waals surface area contributed by atoms with Crippen molar-refractivity contribution in [1.82, 2.24) is 25.0 Å². The van der Waals surface area contributed by atoms with Gasteiger partial charge in [0.15, 0.2) is 0 Å². The van der Waals surface area contributed by atoms with Crippen LogP contribution in [0.5, 0.6) is 5.75 Å². The molecule has 0 spiro atoms. The van der Waals surface area contributed by atoms with Gasteiger partial charge in [0.05, 0.1) is 6.54 Å². The summed E-state index contributed by atoms with van der Waals surface area (Å²) in [5.41, 5.74) is 11.3. The molecule has 1 aromatic carbocycles. The molecule has 2 fully saturated rings. The van der Waals surface area contributed by atoms with E-state index in [1.165, 1.54) is 5.56 Å². The van der Waals surface area contributed by atoms with Gasteiger partial charge in [-0.15, -0.1) is 0 Å². The van der Waals surface area contributed by atoms with E-state index < -0.39 is 10.0 Å². The quantitative estimate of drug-likeness (QED) is 0.408. The predicted molar refractivity (Wildman–Crippen MR) is 162 cm³/mol. The number of aromatic nitrogens is 3. The lowest BCUT2D eigenvalue weighted by Crippen LogP contribution is -2.48. The molecule has 3 aromatic rings. The molecule has 5 heterocycles. The molecule has 0 amide bonds. The molecule has 10 nitrogen and oxygen atoms in total. The van der Waals surface area contributed by atoms with Crippen molar-refractivity contribution in [3.63, 3.8) is 0 Å². The molecule has 42 heavy (non-hydrogen) atoms. The topological polar surface area (TPSA) is 135 Å². The third-order valence-corrected chi connectivity index (χ3v) is 10.9. The van der Waals surface area contributed by atoms with Crippen LogP contribution in [0.3, 0.4) is 0 Å². The number of nitrogens with zero attached hydrogens (tertiary/aromatic N) is 4. The summed E-state index contributed by atoms with van der Waals surface area (Å²) >= 11 is 0. The Balaban J connectivity index is 1.17. The van der Waals surface area contributed by atoms with Gasteiger partial charge in [-0.1, -0.05) is 19.9 Å². The fraction of sp³-hybridized carbons (Fsp3) is 0.516. The summed E-state index contributed by atoms with van der Waals surface area (Å²) in [5, 5.41) is 3.56. The van der Waals surface area contributed by atoms with Gasteiger partial charge in [-0.2, -0.15) is 0 Å². The Morgan fingerprint density at radius 1 is 1.10 bits per heavy atom. The number of anilines is 2. The molecule has 11 heteroatoms. The largest absolute Gasteiger partial charge is 0.491 e. The van der Waals surface area contributed by atoms with Crippen LogP contribution in [0, 0.1) is 5.41 Å². The first kappa shape index (κ1) is 27.5. The summed E-state index contributed by atoms with van der Waals surface area (Å²) in [4.78, 5) is 15.9. The molecule has 2 aromatic heterocycles. The summed E-state index contributed by atoms with van der Waals surface area (Å²) in [6, 6.07) is 8.25. The van der Waals surface area contributed by atoms with Crippen LogP contribution >= 0.6 is 0 Å². The number of rotatable bonds is 5. The van der Waals surface area contributed by atoms with Crippen LogP contribution in [0.15, 0.2) is 41.7 Å². The molecule has 3 aliphatic heterocycles. The lowest BCUT2D eigenvalue weighted by atomic mass is 9.76. The first-order valence-corrected chi connectivity index (χ1v) is 16.5. The maximum absolute atomic E-state index is 13.5. The van der Waals surface area contributed by atoms with E-state index in [0.29, 0.717) is 37.3 Å². The van der Waals surface area contributed by atoms with Crippen molar-refractivity contribution in [3.8, 4) is 16.9 Å². The van der Waals surface area contributed by atoms with E-state index >= 15 is 0 Å². The molecular formula is C31H39N7O3S. The molecule has 2 unspecified atom stereocenters. The minimum atomic E-state index is -3.84. The number of hydrogen-bond donors (Lipinski definition) is 3. The van der Waals surface area contributed by atoms with E-state index in [4.69, 9.17) is 15.5 Å². The second-order valence-electron chi connectivity index (χ2n) is 13.1.